The Hall–Kier alpha value is -0.910. The molecule has 1 aromatic heterocycles. The lowest BCUT2D eigenvalue weighted by molar-refractivity contribution is 0.0373. The van der Waals surface area contributed by atoms with Crippen molar-refractivity contribution in [3.8, 4) is 0 Å². The zero-order chi connectivity index (χ0) is 15.5. The van der Waals surface area contributed by atoms with Gasteiger partial charge in [-0.25, -0.2) is 0 Å². The van der Waals surface area contributed by atoms with Crippen LogP contribution in [0, 0.1) is 5.92 Å². The molecule has 128 valence electrons. The van der Waals surface area contributed by atoms with Gasteiger partial charge in [-0.3, -0.25) is 4.68 Å². The van der Waals surface area contributed by atoms with Crippen LogP contribution in [0.3, 0.4) is 0 Å². The summed E-state index contributed by atoms with van der Waals surface area (Å²) in [4.78, 5) is 0. The summed E-state index contributed by atoms with van der Waals surface area (Å²) in [5.74, 6) is 0.709. The topological polar surface area (TPSA) is 48.3 Å². The van der Waals surface area contributed by atoms with Crippen molar-refractivity contribution in [3.63, 3.8) is 0 Å². The number of aromatic nitrogens is 2. The number of rotatable bonds is 5. The molecule has 3 aliphatic rings. The van der Waals surface area contributed by atoms with Gasteiger partial charge in [-0.1, -0.05) is 12.8 Å². The zero-order valence-corrected chi connectivity index (χ0v) is 14.0. The fraction of sp³-hybridized carbons (Fsp3) is 0.833. The van der Waals surface area contributed by atoms with E-state index in [0.717, 1.165) is 52.2 Å². The molecule has 5 heteroatoms. The summed E-state index contributed by atoms with van der Waals surface area (Å²) in [5.41, 5.74) is 2.57. The lowest BCUT2D eigenvalue weighted by Gasteiger charge is -2.24. The van der Waals surface area contributed by atoms with E-state index in [1.807, 2.05) is 0 Å². The van der Waals surface area contributed by atoms with E-state index in [9.17, 15) is 0 Å². The second kappa shape index (κ2) is 7.32. The number of nitrogens with zero attached hydrogens (tertiary/aromatic N) is 2. The maximum Gasteiger partial charge on any atom is 0.114 e. The van der Waals surface area contributed by atoms with E-state index in [2.05, 4.69) is 16.2 Å². The third kappa shape index (κ3) is 3.78. The number of hydrogen-bond donors (Lipinski definition) is 1. The van der Waals surface area contributed by atoms with Crippen molar-refractivity contribution in [1.82, 2.24) is 15.1 Å². The number of fused-ring (bicyclic) bond motifs is 1. The van der Waals surface area contributed by atoms with Gasteiger partial charge in [-0.05, 0) is 43.6 Å². The van der Waals surface area contributed by atoms with Gasteiger partial charge in [0.2, 0.25) is 0 Å². The number of nitrogens with one attached hydrogen (secondary N) is 1. The molecule has 1 aliphatic carbocycles. The van der Waals surface area contributed by atoms with Crippen molar-refractivity contribution in [3.05, 3.63) is 17.5 Å². The molecular weight excluding hydrogens is 290 g/mol. The van der Waals surface area contributed by atoms with E-state index >= 15 is 0 Å². The van der Waals surface area contributed by atoms with Crippen LogP contribution < -0.4 is 5.32 Å². The van der Waals surface area contributed by atoms with Gasteiger partial charge in [-0.15, -0.1) is 0 Å². The molecule has 1 atom stereocenters. The summed E-state index contributed by atoms with van der Waals surface area (Å²) >= 11 is 0. The van der Waals surface area contributed by atoms with Crippen molar-refractivity contribution >= 4 is 0 Å². The second-order valence-corrected chi connectivity index (χ2v) is 7.32. The zero-order valence-electron chi connectivity index (χ0n) is 14.0. The lowest BCUT2D eigenvalue weighted by Crippen LogP contribution is -2.33. The number of hydrogen-bond acceptors (Lipinski definition) is 4. The van der Waals surface area contributed by atoms with Gasteiger partial charge in [0.1, 0.15) is 6.10 Å². The summed E-state index contributed by atoms with van der Waals surface area (Å²) in [6.45, 7) is 4.57. The van der Waals surface area contributed by atoms with Crippen LogP contribution in [0.25, 0.3) is 0 Å². The van der Waals surface area contributed by atoms with E-state index < -0.39 is 0 Å². The Morgan fingerprint density at radius 3 is 2.78 bits per heavy atom. The Morgan fingerprint density at radius 2 is 1.96 bits per heavy atom. The fourth-order valence-electron chi connectivity index (χ4n) is 4.18. The molecule has 5 nitrogen and oxygen atoms in total. The predicted octanol–water partition coefficient (Wildman–Crippen LogP) is 2.46. The van der Waals surface area contributed by atoms with Crippen molar-refractivity contribution < 1.29 is 9.47 Å². The van der Waals surface area contributed by atoms with Crippen molar-refractivity contribution in [2.75, 3.05) is 26.4 Å². The van der Waals surface area contributed by atoms with E-state index in [0.29, 0.717) is 12.0 Å². The standard InChI is InChI=1S/C18H29N3O2/c1-2-4-16(3-1)19-11-17-18-15(7-10-23-17)13-21(20-18)12-14-5-8-22-9-6-14/h13-14,16-17,19H,1-12H2. The highest BCUT2D eigenvalue weighted by molar-refractivity contribution is 5.22. The molecule has 0 bridgehead atoms. The number of ether oxygens (including phenoxy) is 2. The van der Waals surface area contributed by atoms with E-state index in [4.69, 9.17) is 14.6 Å². The van der Waals surface area contributed by atoms with Gasteiger partial charge in [0.05, 0.1) is 12.3 Å². The Labute approximate surface area is 138 Å². The predicted molar refractivity (Wildman–Crippen MR) is 88.4 cm³/mol. The van der Waals surface area contributed by atoms with Crippen molar-refractivity contribution in [2.45, 2.75) is 63.6 Å². The van der Waals surface area contributed by atoms with Crippen LogP contribution >= 0.6 is 0 Å². The van der Waals surface area contributed by atoms with E-state index in [-0.39, 0.29) is 6.10 Å². The van der Waals surface area contributed by atoms with Crippen LogP contribution in [0.15, 0.2) is 6.20 Å². The van der Waals surface area contributed by atoms with Crippen LogP contribution in [0.2, 0.25) is 0 Å². The highest BCUT2D eigenvalue weighted by atomic mass is 16.5. The quantitative estimate of drug-likeness (QED) is 0.906. The molecule has 23 heavy (non-hydrogen) atoms. The highest BCUT2D eigenvalue weighted by Gasteiger charge is 2.26. The Bertz CT molecular complexity index is 504. The fourth-order valence-corrected chi connectivity index (χ4v) is 4.18. The Morgan fingerprint density at radius 1 is 1.13 bits per heavy atom. The molecular formula is C18H29N3O2. The van der Waals surface area contributed by atoms with Gasteiger partial charge in [0, 0.05) is 38.5 Å². The average Bonchev–Trinajstić information content (AvgIpc) is 3.23. The van der Waals surface area contributed by atoms with Crippen LogP contribution in [0.1, 0.15) is 55.9 Å². The van der Waals surface area contributed by atoms with Crippen LogP contribution in [0.4, 0.5) is 0 Å². The molecule has 3 heterocycles. The van der Waals surface area contributed by atoms with E-state index in [1.165, 1.54) is 36.9 Å². The van der Waals surface area contributed by atoms with Crippen LogP contribution in [0.5, 0.6) is 0 Å². The first-order valence-corrected chi connectivity index (χ1v) is 9.37. The Kier molecular flexibility index (Phi) is 4.97. The molecule has 1 aromatic rings. The summed E-state index contributed by atoms with van der Waals surface area (Å²) in [6, 6.07) is 0.688. The van der Waals surface area contributed by atoms with Crippen LogP contribution in [-0.2, 0) is 22.4 Å². The molecule has 4 rings (SSSR count). The average molecular weight is 319 g/mol. The monoisotopic (exact) mass is 319 g/mol. The van der Waals surface area contributed by atoms with Gasteiger partial charge in [0.25, 0.3) is 0 Å². The molecule has 0 radical (unpaired) electrons. The van der Waals surface area contributed by atoms with Crippen molar-refractivity contribution in [1.29, 1.82) is 0 Å². The second-order valence-electron chi connectivity index (χ2n) is 7.32. The SMILES string of the molecule is c1c2c(nn1CC1CCOCC1)C(CNC1CCCC1)OCC2. The maximum absolute atomic E-state index is 6.01. The lowest BCUT2D eigenvalue weighted by atomic mass is 10.0. The van der Waals surface area contributed by atoms with E-state index in [1.54, 1.807) is 0 Å². The minimum Gasteiger partial charge on any atom is -0.381 e. The minimum absolute atomic E-state index is 0.135. The third-order valence-electron chi connectivity index (χ3n) is 5.60. The normalized spacial score (nSPS) is 26.5. The van der Waals surface area contributed by atoms with Crippen molar-refractivity contribution in [2.24, 2.45) is 5.92 Å². The summed E-state index contributed by atoms with van der Waals surface area (Å²) < 4.78 is 13.6. The summed E-state index contributed by atoms with van der Waals surface area (Å²) in [6.07, 6.45) is 11.1. The molecule has 0 aromatic carbocycles. The van der Waals surface area contributed by atoms with Gasteiger partial charge in [0.15, 0.2) is 0 Å². The molecule has 2 aliphatic heterocycles. The molecule has 1 saturated heterocycles. The molecule has 0 amide bonds. The van der Waals surface area contributed by atoms with Gasteiger partial charge >= 0.3 is 0 Å². The Balaban J connectivity index is 1.38. The van der Waals surface area contributed by atoms with Gasteiger partial charge in [-0.2, -0.15) is 5.10 Å². The highest BCUT2D eigenvalue weighted by Crippen LogP contribution is 2.27. The largest absolute Gasteiger partial charge is 0.381 e. The molecule has 0 spiro atoms. The van der Waals surface area contributed by atoms with Crippen LogP contribution in [-0.4, -0.2) is 42.2 Å². The summed E-state index contributed by atoms with van der Waals surface area (Å²) in [5, 5.41) is 8.57. The summed E-state index contributed by atoms with van der Waals surface area (Å²) in [7, 11) is 0. The third-order valence-corrected chi connectivity index (χ3v) is 5.60. The first kappa shape index (κ1) is 15.6. The molecule has 2 fully saturated rings. The van der Waals surface area contributed by atoms with Gasteiger partial charge < -0.3 is 14.8 Å². The maximum atomic E-state index is 6.01. The molecule has 1 saturated carbocycles. The molecule has 1 N–H and O–H groups in total. The first-order chi connectivity index (χ1) is 11.4. The smallest absolute Gasteiger partial charge is 0.114 e. The first-order valence-electron chi connectivity index (χ1n) is 9.37. The molecule has 1 unspecified atom stereocenters. The minimum atomic E-state index is 0.135.